The van der Waals surface area contributed by atoms with E-state index in [1.54, 1.807) is 25.1 Å². The molecule has 0 bridgehead atoms. The third-order valence-electron chi connectivity index (χ3n) is 3.09. The zero-order valence-electron chi connectivity index (χ0n) is 10.6. The minimum atomic E-state index is -0.870. The quantitative estimate of drug-likeness (QED) is 0.756. The molecule has 19 heavy (non-hydrogen) atoms. The molecular weight excluding hydrogens is 248 g/mol. The molecule has 1 aliphatic heterocycles. The number of hydrogen-bond acceptors (Lipinski definition) is 4. The number of fused-ring (bicyclic) bond motifs is 1. The van der Waals surface area contributed by atoms with Gasteiger partial charge in [0.15, 0.2) is 6.61 Å². The molecule has 1 aromatic rings. The molecule has 0 aliphatic carbocycles. The lowest BCUT2D eigenvalue weighted by atomic mass is 9.96. The predicted octanol–water partition coefficient (Wildman–Crippen LogP) is 1.13. The molecule has 1 aromatic carbocycles. The second kappa shape index (κ2) is 5.27. The van der Waals surface area contributed by atoms with Crippen molar-refractivity contribution in [1.29, 1.82) is 0 Å². The van der Waals surface area contributed by atoms with E-state index < -0.39 is 17.9 Å². The molecule has 1 heterocycles. The smallest absolute Gasteiger partial charge is 0.306 e. The molecule has 0 fully saturated rings. The van der Waals surface area contributed by atoms with E-state index in [0.717, 1.165) is 5.56 Å². The fourth-order valence-corrected chi connectivity index (χ4v) is 1.95. The van der Waals surface area contributed by atoms with E-state index in [4.69, 9.17) is 15.6 Å². The monoisotopic (exact) mass is 264 g/mol. The molecule has 2 rings (SSSR count). The normalized spacial score (nSPS) is 16.8. The molecule has 2 atom stereocenters. The first kappa shape index (κ1) is 13.4. The Hall–Kier alpha value is -2.08. The first-order valence-corrected chi connectivity index (χ1v) is 6.02. The van der Waals surface area contributed by atoms with Gasteiger partial charge in [-0.2, -0.15) is 0 Å². The average molecular weight is 264 g/mol. The first-order valence-electron chi connectivity index (χ1n) is 6.02. The fraction of sp³-hybridized carbons (Fsp3) is 0.385. The van der Waals surface area contributed by atoms with Crippen LogP contribution < -0.4 is 15.8 Å². The summed E-state index contributed by atoms with van der Waals surface area (Å²) in [5.74, 6) is -0.999. The number of nitrogens with one attached hydrogen (secondary N) is 1. The van der Waals surface area contributed by atoms with Crippen molar-refractivity contribution in [3.8, 4) is 5.75 Å². The van der Waals surface area contributed by atoms with Crippen molar-refractivity contribution >= 4 is 17.6 Å². The number of anilines is 1. The van der Waals surface area contributed by atoms with Crippen LogP contribution >= 0.6 is 0 Å². The molecule has 0 saturated carbocycles. The molecule has 0 radical (unpaired) electrons. The van der Waals surface area contributed by atoms with Gasteiger partial charge >= 0.3 is 5.97 Å². The SMILES string of the molecule is CC(CC(N)c1ccc2c(c1)NC(=O)CO2)C(=O)O. The number of benzene rings is 1. The Bertz CT molecular complexity index is 515. The maximum atomic E-state index is 11.2. The van der Waals surface area contributed by atoms with E-state index in [9.17, 15) is 9.59 Å². The molecule has 0 spiro atoms. The molecule has 6 nitrogen and oxygen atoms in total. The third kappa shape index (κ3) is 3.03. The van der Waals surface area contributed by atoms with Gasteiger partial charge in [-0.15, -0.1) is 0 Å². The summed E-state index contributed by atoms with van der Waals surface area (Å²) in [4.78, 5) is 22.0. The van der Waals surface area contributed by atoms with Gasteiger partial charge in [0.2, 0.25) is 0 Å². The lowest BCUT2D eigenvalue weighted by Crippen LogP contribution is -2.26. The van der Waals surface area contributed by atoms with Gasteiger partial charge in [-0.1, -0.05) is 13.0 Å². The van der Waals surface area contributed by atoms with Crippen LogP contribution in [0.5, 0.6) is 5.75 Å². The number of carbonyl (C=O) groups excluding carboxylic acids is 1. The number of carbonyl (C=O) groups is 2. The number of hydrogen-bond donors (Lipinski definition) is 3. The number of nitrogens with two attached hydrogens (primary N) is 1. The van der Waals surface area contributed by atoms with E-state index in [2.05, 4.69) is 5.32 Å². The highest BCUT2D eigenvalue weighted by molar-refractivity contribution is 5.95. The van der Waals surface area contributed by atoms with Crippen LogP contribution in [0, 0.1) is 5.92 Å². The second-order valence-corrected chi connectivity index (χ2v) is 4.67. The van der Waals surface area contributed by atoms with Crippen molar-refractivity contribution in [2.45, 2.75) is 19.4 Å². The maximum Gasteiger partial charge on any atom is 0.306 e. The molecule has 0 saturated heterocycles. The van der Waals surface area contributed by atoms with Gasteiger partial charge in [-0.3, -0.25) is 9.59 Å². The van der Waals surface area contributed by atoms with E-state index >= 15 is 0 Å². The predicted molar refractivity (Wildman–Crippen MR) is 68.9 cm³/mol. The van der Waals surface area contributed by atoms with Crippen molar-refractivity contribution in [3.63, 3.8) is 0 Å². The van der Waals surface area contributed by atoms with E-state index in [1.807, 2.05) is 0 Å². The first-order chi connectivity index (χ1) is 8.97. The van der Waals surface area contributed by atoms with Crippen molar-refractivity contribution < 1.29 is 19.4 Å². The highest BCUT2D eigenvalue weighted by Gasteiger charge is 2.20. The van der Waals surface area contributed by atoms with Crippen LogP contribution in [0.2, 0.25) is 0 Å². The van der Waals surface area contributed by atoms with Crippen LogP contribution in [-0.4, -0.2) is 23.6 Å². The van der Waals surface area contributed by atoms with E-state index in [-0.39, 0.29) is 12.5 Å². The highest BCUT2D eigenvalue weighted by atomic mass is 16.5. The Morgan fingerprint density at radius 3 is 3.00 bits per heavy atom. The standard InChI is InChI=1S/C13H16N2O4/c1-7(13(17)18)4-9(14)8-2-3-11-10(5-8)15-12(16)6-19-11/h2-3,5,7,9H,4,6,14H2,1H3,(H,15,16)(H,17,18). The summed E-state index contributed by atoms with van der Waals surface area (Å²) in [6, 6.07) is 4.85. The van der Waals surface area contributed by atoms with Crippen LogP contribution in [-0.2, 0) is 9.59 Å². The Balaban J connectivity index is 2.15. The minimum Gasteiger partial charge on any atom is -0.482 e. The maximum absolute atomic E-state index is 11.2. The van der Waals surface area contributed by atoms with Gasteiger partial charge in [0.05, 0.1) is 11.6 Å². The summed E-state index contributed by atoms with van der Waals surface area (Å²) in [6.07, 6.45) is 0.336. The van der Waals surface area contributed by atoms with Gasteiger partial charge in [-0.05, 0) is 24.1 Å². The molecule has 6 heteroatoms. The largest absolute Gasteiger partial charge is 0.482 e. The number of amides is 1. The lowest BCUT2D eigenvalue weighted by Gasteiger charge is -2.21. The molecule has 1 aliphatic rings. The third-order valence-corrected chi connectivity index (χ3v) is 3.09. The van der Waals surface area contributed by atoms with E-state index in [0.29, 0.717) is 17.9 Å². The Morgan fingerprint density at radius 2 is 2.32 bits per heavy atom. The Labute approximate surface area is 110 Å². The van der Waals surface area contributed by atoms with Crippen molar-refractivity contribution in [1.82, 2.24) is 0 Å². The van der Waals surface area contributed by atoms with Crippen molar-refractivity contribution in [2.24, 2.45) is 11.7 Å². The average Bonchev–Trinajstić information content (AvgIpc) is 2.37. The topological polar surface area (TPSA) is 102 Å². The van der Waals surface area contributed by atoms with Crippen LogP contribution in [0.1, 0.15) is 24.9 Å². The number of aliphatic carboxylic acids is 1. The summed E-state index contributed by atoms with van der Waals surface area (Å²) in [5, 5.41) is 11.6. The Kier molecular flexibility index (Phi) is 3.71. The van der Waals surface area contributed by atoms with Crippen LogP contribution in [0.4, 0.5) is 5.69 Å². The van der Waals surface area contributed by atoms with E-state index in [1.165, 1.54) is 0 Å². The molecular formula is C13H16N2O4. The molecule has 4 N–H and O–H groups in total. The van der Waals surface area contributed by atoms with Crippen LogP contribution in [0.15, 0.2) is 18.2 Å². The fourth-order valence-electron chi connectivity index (χ4n) is 1.95. The van der Waals surface area contributed by atoms with Gasteiger partial charge in [-0.25, -0.2) is 0 Å². The summed E-state index contributed by atoms with van der Waals surface area (Å²) in [7, 11) is 0. The summed E-state index contributed by atoms with van der Waals surface area (Å²) < 4.78 is 5.24. The minimum absolute atomic E-state index is 0.00838. The summed E-state index contributed by atoms with van der Waals surface area (Å²) in [6.45, 7) is 1.62. The Morgan fingerprint density at radius 1 is 1.58 bits per heavy atom. The summed E-state index contributed by atoms with van der Waals surface area (Å²) in [5.41, 5.74) is 7.34. The zero-order valence-corrected chi connectivity index (χ0v) is 10.6. The van der Waals surface area contributed by atoms with Crippen LogP contribution in [0.25, 0.3) is 0 Å². The zero-order chi connectivity index (χ0) is 14.0. The van der Waals surface area contributed by atoms with Crippen LogP contribution in [0.3, 0.4) is 0 Å². The number of carboxylic acid groups (broad SMARTS) is 1. The molecule has 1 amide bonds. The highest BCUT2D eigenvalue weighted by Crippen LogP contribution is 2.31. The van der Waals surface area contributed by atoms with Gasteiger partial charge < -0.3 is 20.9 Å². The molecule has 2 unspecified atom stereocenters. The second-order valence-electron chi connectivity index (χ2n) is 4.67. The number of ether oxygens (including phenoxy) is 1. The summed E-state index contributed by atoms with van der Waals surface area (Å²) >= 11 is 0. The van der Waals surface area contributed by atoms with Crippen molar-refractivity contribution in [3.05, 3.63) is 23.8 Å². The van der Waals surface area contributed by atoms with Crippen molar-refractivity contribution in [2.75, 3.05) is 11.9 Å². The molecule has 102 valence electrons. The van der Waals surface area contributed by atoms with Gasteiger partial charge in [0.25, 0.3) is 5.91 Å². The lowest BCUT2D eigenvalue weighted by molar-refractivity contribution is -0.141. The molecule has 0 aromatic heterocycles. The number of rotatable bonds is 4. The van der Waals surface area contributed by atoms with Gasteiger partial charge in [0.1, 0.15) is 5.75 Å². The van der Waals surface area contributed by atoms with Gasteiger partial charge in [0, 0.05) is 6.04 Å². The number of carboxylic acids is 1.